The van der Waals surface area contributed by atoms with E-state index in [2.05, 4.69) is 0 Å². The van der Waals surface area contributed by atoms with Crippen LogP contribution in [0.25, 0.3) is 0 Å². The van der Waals surface area contributed by atoms with Crippen molar-refractivity contribution in [1.29, 1.82) is 0 Å². The number of amides is 1. The molecule has 6 nitrogen and oxygen atoms in total. The Morgan fingerprint density at radius 1 is 1.19 bits per heavy atom. The summed E-state index contributed by atoms with van der Waals surface area (Å²) in [4.78, 5) is 23.3. The first-order valence-electron chi connectivity index (χ1n) is 7.95. The molecule has 0 heterocycles. The van der Waals surface area contributed by atoms with Crippen LogP contribution >= 0.6 is 11.6 Å². The number of carbonyl (C=O) groups excluding carboxylic acids is 2. The van der Waals surface area contributed by atoms with Crippen LogP contribution in [-0.2, 0) is 14.3 Å². The zero-order valence-electron chi connectivity index (χ0n) is 15.0. The summed E-state index contributed by atoms with van der Waals surface area (Å²) in [6.07, 6.45) is -7.04. The predicted octanol–water partition coefficient (Wildman–Crippen LogP) is 2.86. The number of nitrogens with one attached hydrogen (secondary N) is 1. The number of benzene rings is 1. The Morgan fingerprint density at radius 3 is 2.22 bits per heavy atom. The van der Waals surface area contributed by atoms with Crippen LogP contribution in [-0.4, -0.2) is 47.5 Å². The Kier molecular flexibility index (Phi) is 7.91. The van der Waals surface area contributed by atoms with Crippen molar-refractivity contribution in [3.63, 3.8) is 0 Å². The van der Waals surface area contributed by atoms with Crippen LogP contribution in [0.1, 0.15) is 27.2 Å². The Labute approximate surface area is 159 Å². The smallest absolute Gasteiger partial charge is 0.471 e. The largest absolute Gasteiger partial charge is 0.491 e. The fourth-order valence-corrected chi connectivity index (χ4v) is 2.02. The van der Waals surface area contributed by atoms with Crippen LogP contribution in [0.15, 0.2) is 24.3 Å². The highest BCUT2D eigenvalue weighted by molar-refractivity contribution is 6.30. The fourth-order valence-electron chi connectivity index (χ4n) is 1.89. The maximum absolute atomic E-state index is 12.5. The number of alkyl halides is 3. The monoisotopic (exact) mass is 411 g/mol. The Balaban J connectivity index is 2.74. The van der Waals surface area contributed by atoms with E-state index in [0.29, 0.717) is 10.8 Å². The second-order valence-corrected chi connectivity index (χ2v) is 7.15. The first-order valence-corrected chi connectivity index (χ1v) is 8.32. The average molecular weight is 412 g/mol. The van der Waals surface area contributed by atoms with E-state index >= 15 is 0 Å². The molecule has 2 unspecified atom stereocenters. The van der Waals surface area contributed by atoms with Crippen LogP contribution < -0.4 is 10.1 Å². The first-order chi connectivity index (χ1) is 12.3. The van der Waals surface area contributed by atoms with E-state index in [0.717, 1.165) is 0 Å². The second kappa shape index (κ2) is 9.27. The lowest BCUT2D eigenvalue weighted by atomic mass is 10.1. The number of esters is 1. The number of aliphatic hydroxyl groups is 1. The molecule has 0 spiro atoms. The third-order valence-corrected chi connectivity index (χ3v) is 3.27. The number of rotatable bonds is 7. The predicted molar refractivity (Wildman–Crippen MR) is 91.4 cm³/mol. The molecule has 0 saturated carbocycles. The molecular formula is C17H21ClF3NO5. The zero-order chi connectivity index (χ0) is 20.8. The summed E-state index contributed by atoms with van der Waals surface area (Å²) < 4.78 is 47.7. The average Bonchev–Trinajstić information content (AvgIpc) is 2.51. The Hall–Kier alpha value is -2.00. The van der Waals surface area contributed by atoms with Gasteiger partial charge in [0, 0.05) is 11.4 Å². The van der Waals surface area contributed by atoms with Gasteiger partial charge in [-0.25, -0.2) is 4.79 Å². The van der Waals surface area contributed by atoms with Gasteiger partial charge in [0.2, 0.25) is 0 Å². The van der Waals surface area contributed by atoms with Crippen molar-refractivity contribution in [1.82, 2.24) is 5.32 Å². The second-order valence-electron chi connectivity index (χ2n) is 6.71. The van der Waals surface area contributed by atoms with E-state index in [1.807, 2.05) is 0 Å². The van der Waals surface area contributed by atoms with Gasteiger partial charge in [-0.3, -0.25) is 4.79 Å². The quantitative estimate of drug-likeness (QED) is 0.674. The van der Waals surface area contributed by atoms with Gasteiger partial charge in [0.25, 0.3) is 0 Å². The lowest BCUT2D eigenvalue weighted by molar-refractivity contribution is -0.177. The first kappa shape index (κ1) is 23.0. The molecule has 27 heavy (non-hydrogen) atoms. The van der Waals surface area contributed by atoms with E-state index in [-0.39, 0.29) is 6.61 Å². The van der Waals surface area contributed by atoms with Crippen molar-refractivity contribution in [3.8, 4) is 5.75 Å². The molecule has 2 N–H and O–H groups in total. The number of carbonyl (C=O) groups is 2. The minimum Gasteiger partial charge on any atom is -0.491 e. The van der Waals surface area contributed by atoms with Gasteiger partial charge in [0.05, 0.1) is 6.10 Å². The maximum Gasteiger partial charge on any atom is 0.471 e. The van der Waals surface area contributed by atoms with Crippen LogP contribution in [0.2, 0.25) is 5.02 Å². The van der Waals surface area contributed by atoms with Crippen LogP contribution in [0.3, 0.4) is 0 Å². The summed E-state index contributed by atoms with van der Waals surface area (Å²) in [6, 6.07) is 4.48. The molecule has 1 rings (SSSR count). The lowest BCUT2D eigenvalue weighted by Crippen LogP contribution is -2.50. The molecule has 0 saturated heterocycles. The highest BCUT2D eigenvalue weighted by atomic mass is 35.5. The molecule has 152 valence electrons. The van der Waals surface area contributed by atoms with Crippen molar-refractivity contribution < 1.29 is 37.3 Å². The molecule has 0 aliphatic rings. The molecule has 1 aromatic rings. The lowest BCUT2D eigenvalue weighted by Gasteiger charge is -2.26. The van der Waals surface area contributed by atoms with Crippen molar-refractivity contribution in [2.24, 2.45) is 0 Å². The van der Waals surface area contributed by atoms with Gasteiger partial charge in [0.1, 0.15) is 24.0 Å². The standard InChI is InChI=1S/C17H21ClF3NO5/c1-16(2,3)27-14(24)13(22-15(25)17(19,20)21)8-11(23)9-26-12-6-4-10(18)5-7-12/h4-7,11,13,23H,8-9H2,1-3H3,(H,22,25). The van der Waals surface area contributed by atoms with Gasteiger partial charge in [0.15, 0.2) is 0 Å². The van der Waals surface area contributed by atoms with E-state index in [1.165, 1.54) is 32.9 Å². The van der Waals surface area contributed by atoms with Gasteiger partial charge >= 0.3 is 18.1 Å². The van der Waals surface area contributed by atoms with Crippen molar-refractivity contribution >= 4 is 23.5 Å². The summed E-state index contributed by atoms with van der Waals surface area (Å²) in [7, 11) is 0. The maximum atomic E-state index is 12.5. The molecule has 1 aromatic carbocycles. The highest BCUT2D eigenvalue weighted by Gasteiger charge is 2.42. The summed E-state index contributed by atoms with van der Waals surface area (Å²) >= 11 is 5.73. The van der Waals surface area contributed by atoms with Crippen molar-refractivity contribution in [2.45, 2.75) is 51.1 Å². The van der Waals surface area contributed by atoms with E-state index < -0.39 is 42.2 Å². The molecular weight excluding hydrogens is 391 g/mol. The normalized spacial score (nSPS) is 14.2. The van der Waals surface area contributed by atoms with Crippen LogP contribution in [0, 0.1) is 0 Å². The topological polar surface area (TPSA) is 84.9 Å². The van der Waals surface area contributed by atoms with E-state index in [1.54, 1.807) is 17.4 Å². The van der Waals surface area contributed by atoms with Gasteiger partial charge in [-0.05, 0) is 45.0 Å². The molecule has 1 amide bonds. The summed E-state index contributed by atoms with van der Waals surface area (Å²) in [6.45, 7) is 4.25. The molecule has 2 atom stereocenters. The molecule has 0 aromatic heterocycles. The number of hydrogen-bond donors (Lipinski definition) is 2. The van der Waals surface area contributed by atoms with Crippen molar-refractivity contribution in [2.75, 3.05) is 6.61 Å². The number of aliphatic hydroxyl groups excluding tert-OH is 1. The van der Waals surface area contributed by atoms with Gasteiger partial charge < -0.3 is 19.9 Å². The minimum absolute atomic E-state index is 0.317. The van der Waals surface area contributed by atoms with E-state index in [4.69, 9.17) is 21.1 Å². The van der Waals surface area contributed by atoms with Crippen LogP contribution in [0.5, 0.6) is 5.75 Å². The number of ether oxygens (including phenoxy) is 2. The van der Waals surface area contributed by atoms with Gasteiger partial charge in [-0.1, -0.05) is 11.6 Å². The molecule has 0 bridgehead atoms. The van der Waals surface area contributed by atoms with Gasteiger partial charge in [-0.2, -0.15) is 13.2 Å². The zero-order valence-corrected chi connectivity index (χ0v) is 15.7. The summed E-state index contributed by atoms with van der Waals surface area (Å²) in [5.41, 5.74) is -0.983. The molecule has 0 fully saturated rings. The third-order valence-electron chi connectivity index (χ3n) is 3.02. The summed E-state index contributed by atoms with van der Waals surface area (Å²) in [5.74, 6) is -3.03. The van der Waals surface area contributed by atoms with Crippen LogP contribution in [0.4, 0.5) is 13.2 Å². The number of hydrogen-bond acceptors (Lipinski definition) is 5. The SMILES string of the molecule is CC(C)(C)OC(=O)C(CC(O)COc1ccc(Cl)cc1)NC(=O)C(F)(F)F. The molecule has 0 radical (unpaired) electrons. The Bertz CT molecular complexity index is 643. The van der Waals surface area contributed by atoms with E-state index in [9.17, 15) is 27.9 Å². The summed E-state index contributed by atoms with van der Waals surface area (Å²) in [5, 5.41) is 12.0. The third kappa shape index (κ3) is 8.96. The molecule has 0 aliphatic carbocycles. The fraction of sp³-hybridized carbons (Fsp3) is 0.529. The van der Waals surface area contributed by atoms with Crippen molar-refractivity contribution in [3.05, 3.63) is 29.3 Å². The molecule has 0 aliphatic heterocycles. The Morgan fingerprint density at radius 2 is 1.74 bits per heavy atom. The van der Waals surface area contributed by atoms with Gasteiger partial charge in [-0.15, -0.1) is 0 Å². The number of halogens is 4. The highest BCUT2D eigenvalue weighted by Crippen LogP contribution is 2.18. The molecule has 10 heteroatoms. The minimum atomic E-state index is -5.18.